The number of nitrogens with zero attached hydrogens (tertiary/aromatic N) is 5. The van der Waals surface area contributed by atoms with Crippen LogP contribution in [0.5, 0.6) is 11.6 Å². The van der Waals surface area contributed by atoms with E-state index in [1.165, 1.54) is 6.42 Å². The molecule has 0 atom stereocenters. The highest BCUT2D eigenvalue weighted by Crippen LogP contribution is 2.39. The molecule has 1 aromatic heterocycles. The Balaban J connectivity index is 1.43. The second kappa shape index (κ2) is 10.9. The van der Waals surface area contributed by atoms with Crippen LogP contribution in [0.3, 0.4) is 0 Å². The van der Waals surface area contributed by atoms with Gasteiger partial charge in [0, 0.05) is 5.39 Å². The number of aromatic hydroxyl groups is 1. The van der Waals surface area contributed by atoms with Crippen LogP contribution >= 0.6 is 0 Å². The highest BCUT2D eigenvalue weighted by atomic mass is 16.6. The van der Waals surface area contributed by atoms with Gasteiger partial charge in [-0.05, 0) is 68.8 Å². The summed E-state index contributed by atoms with van der Waals surface area (Å²) in [5, 5.41) is 23.4. The second-order valence-corrected chi connectivity index (χ2v) is 8.21. The van der Waals surface area contributed by atoms with E-state index in [0.717, 1.165) is 48.1 Å². The van der Waals surface area contributed by atoms with E-state index in [9.17, 15) is 9.90 Å². The zero-order valence-corrected chi connectivity index (χ0v) is 19.5. The number of benzene rings is 2. The molecule has 1 aliphatic rings. The van der Waals surface area contributed by atoms with Gasteiger partial charge in [-0.2, -0.15) is 0 Å². The Morgan fingerprint density at radius 1 is 1.06 bits per heavy atom. The summed E-state index contributed by atoms with van der Waals surface area (Å²) in [5.41, 5.74) is 2.59. The number of hydrogen-bond acceptors (Lipinski definition) is 7. The predicted molar refractivity (Wildman–Crippen MR) is 130 cm³/mol. The Kier molecular flexibility index (Phi) is 7.54. The minimum absolute atomic E-state index is 0.00221. The maximum atomic E-state index is 12.2. The van der Waals surface area contributed by atoms with Gasteiger partial charge in [0.2, 0.25) is 5.88 Å². The van der Waals surface area contributed by atoms with Gasteiger partial charge in [-0.25, -0.2) is 0 Å². The molecule has 9 nitrogen and oxygen atoms in total. The minimum atomic E-state index is -0.599. The average Bonchev–Trinajstić information content (AvgIpc) is 3.14. The lowest BCUT2D eigenvalue weighted by Crippen LogP contribution is -2.31. The predicted octanol–water partition coefficient (Wildman–Crippen LogP) is 4.85. The standard InChI is InChI=1S/C25H29N5O4/c1-18(19-10-12-20(33-2)13-11-19)28-34-16-23(31)26-27-24-21-8-4-5-9-22(21)30(25(24)32)17-29-14-6-3-7-15-29/h4-5,8-13,32H,3,6-7,14-17H2,1-2H3/b27-26?,28-18+. The molecule has 2 aromatic carbocycles. The van der Waals surface area contributed by atoms with Crippen molar-refractivity contribution in [1.82, 2.24) is 9.47 Å². The van der Waals surface area contributed by atoms with Gasteiger partial charge in [0.15, 0.2) is 12.3 Å². The molecule has 1 fully saturated rings. The van der Waals surface area contributed by atoms with Crippen LogP contribution in [0, 0.1) is 0 Å². The van der Waals surface area contributed by atoms with E-state index in [2.05, 4.69) is 20.3 Å². The summed E-state index contributed by atoms with van der Waals surface area (Å²) < 4.78 is 6.96. The van der Waals surface area contributed by atoms with Crippen molar-refractivity contribution in [3.05, 3.63) is 54.1 Å². The van der Waals surface area contributed by atoms with E-state index < -0.39 is 5.91 Å². The Morgan fingerprint density at radius 3 is 2.53 bits per heavy atom. The van der Waals surface area contributed by atoms with Crippen LogP contribution in [-0.2, 0) is 16.3 Å². The van der Waals surface area contributed by atoms with Gasteiger partial charge >= 0.3 is 5.91 Å². The fourth-order valence-electron chi connectivity index (χ4n) is 4.02. The van der Waals surface area contributed by atoms with Crippen molar-refractivity contribution in [2.45, 2.75) is 32.9 Å². The smallest absolute Gasteiger partial charge is 0.304 e. The number of oxime groups is 1. The van der Waals surface area contributed by atoms with Gasteiger partial charge in [0.05, 0.1) is 25.0 Å². The first-order chi connectivity index (χ1) is 16.6. The van der Waals surface area contributed by atoms with Crippen molar-refractivity contribution in [3.63, 3.8) is 0 Å². The SMILES string of the molecule is COc1ccc(/C(C)=N/OCC(=O)N=Nc2c(O)n(CN3CCCCC3)c3ccccc23)cc1. The van der Waals surface area contributed by atoms with E-state index in [1.807, 2.05) is 53.1 Å². The lowest BCUT2D eigenvalue weighted by atomic mass is 10.1. The Bertz CT molecular complexity index is 1190. The van der Waals surface area contributed by atoms with Crippen molar-refractivity contribution in [3.8, 4) is 11.6 Å². The fourth-order valence-corrected chi connectivity index (χ4v) is 4.02. The summed E-state index contributed by atoms with van der Waals surface area (Å²) >= 11 is 0. The number of hydrogen-bond donors (Lipinski definition) is 1. The van der Waals surface area contributed by atoms with Gasteiger partial charge in [-0.1, -0.05) is 29.8 Å². The maximum absolute atomic E-state index is 12.2. The quantitative estimate of drug-likeness (QED) is 0.292. The molecule has 0 bridgehead atoms. The first kappa shape index (κ1) is 23.4. The fraction of sp³-hybridized carbons (Fsp3) is 0.360. The number of ether oxygens (including phenoxy) is 1. The number of para-hydroxylation sites is 1. The van der Waals surface area contributed by atoms with E-state index in [0.29, 0.717) is 12.4 Å². The van der Waals surface area contributed by atoms with Gasteiger partial charge < -0.3 is 14.7 Å². The molecule has 3 aromatic rings. The third-order valence-electron chi connectivity index (χ3n) is 5.87. The normalized spacial score (nSPS) is 15.2. The molecule has 0 spiro atoms. The molecule has 1 amide bonds. The average molecular weight is 464 g/mol. The zero-order valence-electron chi connectivity index (χ0n) is 19.5. The van der Waals surface area contributed by atoms with Gasteiger partial charge in [-0.3, -0.25) is 14.3 Å². The number of methoxy groups -OCH3 is 1. The van der Waals surface area contributed by atoms with Crippen molar-refractivity contribution in [1.29, 1.82) is 0 Å². The molecule has 2 heterocycles. The summed E-state index contributed by atoms with van der Waals surface area (Å²) in [4.78, 5) is 19.7. The van der Waals surface area contributed by atoms with Crippen molar-refractivity contribution in [2.24, 2.45) is 15.4 Å². The van der Waals surface area contributed by atoms with Crippen molar-refractivity contribution >= 4 is 28.2 Å². The van der Waals surface area contributed by atoms with Crippen LogP contribution in [0.25, 0.3) is 10.9 Å². The Labute approximate surface area is 198 Å². The molecule has 4 rings (SSSR count). The first-order valence-electron chi connectivity index (χ1n) is 11.3. The molecular formula is C25H29N5O4. The topological polar surface area (TPSA) is 101 Å². The monoisotopic (exact) mass is 463 g/mol. The third kappa shape index (κ3) is 5.43. The van der Waals surface area contributed by atoms with Gasteiger partial charge in [0.25, 0.3) is 0 Å². The molecule has 1 saturated heterocycles. The summed E-state index contributed by atoms with van der Waals surface area (Å²) in [6.45, 7) is 3.98. The van der Waals surface area contributed by atoms with Gasteiger partial charge in [0.1, 0.15) is 5.75 Å². The van der Waals surface area contributed by atoms with E-state index in [4.69, 9.17) is 9.57 Å². The lowest BCUT2D eigenvalue weighted by molar-refractivity contribution is -0.122. The number of fused-ring (bicyclic) bond motifs is 1. The molecule has 0 saturated carbocycles. The third-order valence-corrected chi connectivity index (χ3v) is 5.87. The summed E-state index contributed by atoms with van der Waals surface area (Å²) in [5.74, 6) is 0.143. The molecular weight excluding hydrogens is 434 g/mol. The van der Waals surface area contributed by atoms with Crippen molar-refractivity contribution in [2.75, 3.05) is 26.8 Å². The first-order valence-corrected chi connectivity index (χ1v) is 11.3. The molecule has 178 valence electrons. The summed E-state index contributed by atoms with van der Waals surface area (Å²) in [6.07, 6.45) is 3.55. The zero-order chi connectivity index (χ0) is 23.9. The highest BCUT2D eigenvalue weighted by Gasteiger charge is 2.19. The number of likely N-dealkylation sites (tertiary alicyclic amines) is 1. The van der Waals surface area contributed by atoms with Crippen molar-refractivity contribution < 1.29 is 19.5 Å². The summed E-state index contributed by atoms with van der Waals surface area (Å²) in [6, 6.07) is 14.9. The maximum Gasteiger partial charge on any atom is 0.304 e. The molecule has 9 heteroatoms. The number of rotatable bonds is 8. The van der Waals surface area contributed by atoms with Crippen LogP contribution in [0.4, 0.5) is 5.69 Å². The molecule has 0 unspecified atom stereocenters. The largest absolute Gasteiger partial charge is 0.497 e. The van der Waals surface area contributed by atoms with Crippen LogP contribution in [-0.4, -0.2) is 53.0 Å². The highest BCUT2D eigenvalue weighted by molar-refractivity contribution is 5.98. The van der Waals surface area contributed by atoms with E-state index in [1.54, 1.807) is 14.0 Å². The van der Waals surface area contributed by atoms with Crippen LogP contribution < -0.4 is 4.74 Å². The Morgan fingerprint density at radius 2 is 1.79 bits per heavy atom. The molecule has 1 aliphatic heterocycles. The van der Waals surface area contributed by atoms with E-state index >= 15 is 0 Å². The number of azo groups is 1. The molecule has 1 N–H and O–H groups in total. The number of amides is 1. The summed E-state index contributed by atoms with van der Waals surface area (Å²) in [7, 11) is 1.60. The second-order valence-electron chi connectivity index (χ2n) is 8.21. The number of piperidine rings is 1. The molecule has 0 radical (unpaired) electrons. The Hall–Kier alpha value is -3.72. The van der Waals surface area contributed by atoms with E-state index in [-0.39, 0.29) is 18.2 Å². The number of aromatic nitrogens is 1. The number of carbonyl (C=O) groups excluding carboxylic acids is 1. The lowest BCUT2D eigenvalue weighted by Gasteiger charge is -2.27. The number of carbonyl (C=O) groups is 1. The van der Waals surface area contributed by atoms with Crippen LogP contribution in [0.1, 0.15) is 31.7 Å². The van der Waals surface area contributed by atoms with Crippen LogP contribution in [0.2, 0.25) is 0 Å². The van der Waals surface area contributed by atoms with Gasteiger partial charge in [-0.15, -0.1) is 10.2 Å². The molecule has 0 aliphatic carbocycles. The molecule has 34 heavy (non-hydrogen) atoms. The minimum Gasteiger partial charge on any atom is -0.497 e. The van der Waals surface area contributed by atoms with Crippen LogP contribution in [0.15, 0.2) is 63.9 Å².